The Kier molecular flexibility index (Phi) is 5.50. The number of rotatable bonds is 6. The number of benzene rings is 3. The van der Waals surface area contributed by atoms with Gasteiger partial charge in [-0.25, -0.2) is 0 Å². The Hall–Kier alpha value is -2.96. The first-order valence-electron chi connectivity index (χ1n) is 8.84. The molecule has 0 atom stereocenters. The smallest absolute Gasteiger partial charge is 0.265 e. The predicted molar refractivity (Wildman–Crippen MR) is 117 cm³/mol. The van der Waals surface area contributed by atoms with Gasteiger partial charge in [0.2, 0.25) is 0 Å². The molecule has 1 N–H and O–H groups in total. The van der Waals surface area contributed by atoms with Gasteiger partial charge >= 0.3 is 0 Å². The van der Waals surface area contributed by atoms with Gasteiger partial charge in [-0.3, -0.25) is 4.79 Å². The molecular weight excluding hydrogens is 388 g/mol. The Bertz CT molecular complexity index is 1140. The van der Waals surface area contributed by atoms with Gasteiger partial charge in [-0.1, -0.05) is 48.5 Å². The molecule has 0 bridgehead atoms. The zero-order chi connectivity index (χ0) is 19.3. The minimum Gasteiger partial charge on any atom is -0.484 e. The highest BCUT2D eigenvalue weighted by Crippen LogP contribution is 2.27. The summed E-state index contributed by atoms with van der Waals surface area (Å²) in [5, 5.41) is 0. The van der Waals surface area contributed by atoms with E-state index in [-0.39, 0.29) is 12.5 Å². The van der Waals surface area contributed by atoms with Crippen molar-refractivity contribution in [3.63, 3.8) is 0 Å². The first-order valence-corrected chi connectivity index (χ1v) is 10.1. The molecule has 0 aliphatic heterocycles. The summed E-state index contributed by atoms with van der Waals surface area (Å²) < 4.78 is 7.44. The monoisotopic (exact) mass is 406 g/mol. The summed E-state index contributed by atoms with van der Waals surface area (Å²) in [5.74, 6) is 0.570. The third-order valence-electron chi connectivity index (χ3n) is 4.31. The number of nitrogens with zero attached hydrogens (tertiary/aromatic N) is 1. The number of nitrogens with one attached hydrogen (secondary N) is 1. The van der Waals surface area contributed by atoms with Gasteiger partial charge in [0.05, 0.1) is 16.8 Å². The lowest BCUT2D eigenvalue weighted by Crippen LogP contribution is -2.34. The van der Waals surface area contributed by atoms with Crippen molar-refractivity contribution in [2.75, 3.05) is 11.5 Å². The van der Waals surface area contributed by atoms with E-state index < -0.39 is 0 Å². The molecule has 0 fully saturated rings. The number of anilines is 1. The van der Waals surface area contributed by atoms with Crippen LogP contribution in [-0.4, -0.2) is 17.5 Å². The van der Waals surface area contributed by atoms with Gasteiger partial charge in [-0.15, -0.1) is 11.3 Å². The molecule has 0 aliphatic rings. The van der Waals surface area contributed by atoms with E-state index in [9.17, 15) is 4.79 Å². The van der Waals surface area contributed by atoms with Crippen molar-refractivity contribution < 1.29 is 9.53 Å². The largest absolute Gasteiger partial charge is 0.484 e. The lowest BCUT2D eigenvalue weighted by molar-refractivity contribution is -0.120. The summed E-state index contributed by atoms with van der Waals surface area (Å²) >= 11 is 6.74. The van der Waals surface area contributed by atoms with Crippen molar-refractivity contribution in [2.24, 2.45) is 0 Å². The van der Waals surface area contributed by atoms with Crippen molar-refractivity contribution in [3.05, 3.63) is 88.4 Å². The van der Waals surface area contributed by atoms with Crippen LogP contribution in [0.1, 0.15) is 5.56 Å². The molecular formula is C22H18N2O2S2. The maximum Gasteiger partial charge on any atom is 0.265 e. The summed E-state index contributed by atoms with van der Waals surface area (Å²) in [7, 11) is 0. The summed E-state index contributed by atoms with van der Waals surface area (Å²) in [6.07, 6.45) is 0. The molecule has 0 spiro atoms. The molecule has 1 aromatic heterocycles. The Morgan fingerprint density at radius 3 is 2.46 bits per heavy atom. The van der Waals surface area contributed by atoms with Gasteiger partial charge in [-0.05, 0) is 48.1 Å². The number of carbonyl (C=O) groups is 1. The molecule has 6 heteroatoms. The molecule has 4 rings (SSSR count). The second-order valence-electron chi connectivity index (χ2n) is 6.26. The maximum absolute atomic E-state index is 13.0. The maximum atomic E-state index is 13.0. The average Bonchev–Trinajstić information content (AvgIpc) is 3.11. The molecule has 4 nitrogen and oxygen atoms in total. The second-order valence-corrected chi connectivity index (χ2v) is 7.98. The van der Waals surface area contributed by atoms with Crippen molar-refractivity contribution in [3.8, 4) is 5.75 Å². The minimum atomic E-state index is -0.105. The van der Waals surface area contributed by atoms with Crippen LogP contribution < -0.4 is 9.64 Å². The summed E-state index contributed by atoms with van der Waals surface area (Å²) in [4.78, 5) is 17.9. The summed E-state index contributed by atoms with van der Waals surface area (Å²) in [6, 6.07) is 25.2. The van der Waals surface area contributed by atoms with Crippen LogP contribution in [0.3, 0.4) is 0 Å². The van der Waals surface area contributed by atoms with Crippen LogP contribution in [0.4, 0.5) is 5.69 Å². The Balaban J connectivity index is 1.62. The Labute approximate surface area is 172 Å². The number of carbonyl (C=O) groups excluding carboxylic acids is 1. The van der Waals surface area contributed by atoms with Crippen LogP contribution in [0, 0.1) is 3.95 Å². The number of thiazole rings is 1. The van der Waals surface area contributed by atoms with Crippen molar-refractivity contribution >= 4 is 45.4 Å². The number of aromatic nitrogens is 1. The van der Waals surface area contributed by atoms with Gasteiger partial charge < -0.3 is 14.6 Å². The van der Waals surface area contributed by atoms with Gasteiger partial charge in [0.25, 0.3) is 5.91 Å². The fraction of sp³-hybridized carbons (Fsp3) is 0.0909. The van der Waals surface area contributed by atoms with Gasteiger partial charge in [-0.2, -0.15) is 0 Å². The highest BCUT2D eigenvalue weighted by molar-refractivity contribution is 7.73. The number of hydrogen-bond donors (Lipinski definition) is 1. The molecule has 0 aliphatic carbocycles. The van der Waals surface area contributed by atoms with E-state index in [4.69, 9.17) is 17.0 Å². The highest BCUT2D eigenvalue weighted by atomic mass is 32.1. The lowest BCUT2D eigenvalue weighted by Gasteiger charge is -2.23. The topological polar surface area (TPSA) is 45.3 Å². The molecule has 140 valence electrons. The van der Waals surface area contributed by atoms with Gasteiger partial charge in [0, 0.05) is 5.69 Å². The summed E-state index contributed by atoms with van der Waals surface area (Å²) in [5.41, 5.74) is 2.85. The van der Waals surface area contributed by atoms with Crippen molar-refractivity contribution in [1.82, 2.24) is 4.98 Å². The molecule has 1 heterocycles. The van der Waals surface area contributed by atoms with E-state index in [0.717, 1.165) is 25.4 Å². The molecule has 0 radical (unpaired) electrons. The zero-order valence-electron chi connectivity index (χ0n) is 15.0. The fourth-order valence-corrected chi connectivity index (χ4v) is 4.08. The van der Waals surface area contributed by atoms with Crippen LogP contribution in [0.15, 0.2) is 78.9 Å². The third kappa shape index (κ3) is 4.30. The van der Waals surface area contributed by atoms with Crippen molar-refractivity contribution in [2.45, 2.75) is 6.54 Å². The number of ether oxygens (including phenoxy) is 1. The molecule has 0 unspecified atom stereocenters. The average molecular weight is 407 g/mol. The Morgan fingerprint density at radius 1 is 1.00 bits per heavy atom. The fourth-order valence-electron chi connectivity index (χ4n) is 2.93. The van der Waals surface area contributed by atoms with Crippen LogP contribution >= 0.6 is 23.6 Å². The van der Waals surface area contributed by atoms with E-state index in [0.29, 0.717) is 12.3 Å². The van der Waals surface area contributed by atoms with E-state index in [2.05, 4.69) is 4.98 Å². The standard InChI is InChI=1S/C22H18N2O2S2/c25-21(15-26-18-9-5-2-6-10-18)24(14-16-7-3-1-4-8-16)17-11-12-19-20(13-17)28-22(27)23-19/h1-13H,14-15H2,(H,23,27). The first-order chi connectivity index (χ1) is 13.7. The Morgan fingerprint density at radius 2 is 1.71 bits per heavy atom. The second kappa shape index (κ2) is 8.37. The molecule has 0 saturated heterocycles. The first kappa shape index (κ1) is 18.4. The number of amides is 1. The zero-order valence-corrected chi connectivity index (χ0v) is 16.6. The quantitative estimate of drug-likeness (QED) is 0.426. The summed E-state index contributed by atoms with van der Waals surface area (Å²) in [6.45, 7) is 0.441. The van der Waals surface area contributed by atoms with Gasteiger partial charge in [0.1, 0.15) is 5.75 Å². The van der Waals surface area contributed by atoms with E-state index in [1.165, 1.54) is 11.3 Å². The molecule has 4 aromatic rings. The number of fused-ring (bicyclic) bond motifs is 1. The van der Waals surface area contributed by atoms with E-state index in [1.54, 1.807) is 4.90 Å². The number of para-hydroxylation sites is 1. The van der Waals surface area contributed by atoms with Crippen LogP contribution in [0.25, 0.3) is 10.2 Å². The molecule has 28 heavy (non-hydrogen) atoms. The van der Waals surface area contributed by atoms with Crippen molar-refractivity contribution in [1.29, 1.82) is 0 Å². The SMILES string of the molecule is O=C(COc1ccccc1)N(Cc1ccccc1)c1ccc2[nH]c(=S)sc2c1. The molecule has 0 saturated carbocycles. The molecule has 3 aromatic carbocycles. The normalized spacial score (nSPS) is 10.7. The van der Waals surface area contributed by atoms with Crippen LogP contribution in [-0.2, 0) is 11.3 Å². The van der Waals surface area contributed by atoms with E-state index >= 15 is 0 Å². The number of aromatic amines is 1. The highest BCUT2D eigenvalue weighted by Gasteiger charge is 2.18. The third-order valence-corrected chi connectivity index (χ3v) is 5.50. The van der Waals surface area contributed by atoms with Gasteiger partial charge in [0.15, 0.2) is 10.6 Å². The number of hydrogen-bond acceptors (Lipinski definition) is 4. The lowest BCUT2D eigenvalue weighted by atomic mass is 10.2. The molecule has 1 amide bonds. The number of H-pyrrole nitrogens is 1. The minimum absolute atomic E-state index is 0.0300. The van der Waals surface area contributed by atoms with Crippen LogP contribution in [0.2, 0.25) is 0 Å². The predicted octanol–water partition coefficient (Wildman–Crippen LogP) is 5.57. The van der Waals surface area contributed by atoms with Crippen LogP contribution in [0.5, 0.6) is 5.75 Å². The van der Waals surface area contributed by atoms with E-state index in [1.807, 2.05) is 78.9 Å².